The molecule has 0 saturated carbocycles. The van der Waals surface area contributed by atoms with Gasteiger partial charge in [-0.05, 0) is 12.8 Å². The number of methoxy groups -OCH3 is 1. The summed E-state index contributed by atoms with van der Waals surface area (Å²) < 4.78 is 5.16. The smallest absolute Gasteiger partial charge is 0.344 e. The van der Waals surface area contributed by atoms with Crippen molar-refractivity contribution in [3.05, 3.63) is 12.2 Å². The van der Waals surface area contributed by atoms with Gasteiger partial charge in [-0.1, -0.05) is 12.2 Å². The Morgan fingerprint density at radius 3 is 3.06 bits per heavy atom. The van der Waals surface area contributed by atoms with Crippen molar-refractivity contribution in [1.29, 1.82) is 0 Å². The molecule has 2 heterocycles. The van der Waals surface area contributed by atoms with Crippen molar-refractivity contribution in [3.8, 4) is 0 Å². The van der Waals surface area contributed by atoms with Crippen LogP contribution in [0.5, 0.6) is 0 Å². The molecule has 94 valence electrons. The summed E-state index contributed by atoms with van der Waals surface area (Å²) in [5, 5.41) is 1.54. The lowest BCUT2D eigenvalue weighted by atomic mass is 10.2. The first-order valence-corrected chi connectivity index (χ1v) is 6.23. The van der Waals surface area contributed by atoms with Gasteiger partial charge < -0.3 is 9.64 Å². The van der Waals surface area contributed by atoms with Crippen molar-refractivity contribution in [3.63, 3.8) is 0 Å². The number of nitrogens with zero attached hydrogens (tertiary/aromatic N) is 2. The van der Waals surface area contributed by atoms with E-state index in [9.17, 15) is 4.79 Å². The highest BCUT2D eigenvalue weighted by atomic mass is 16.7. The number of ether oxygens (including phenoxy) is 1. The van der Waals surface area contributed by atoms with Crippen LogP contribution in [-0.4, -0.2) is 54.4 Å². The second-order valence-corrected chi connectivity index (χ2v) is 4.88. The molecule has 1 aliphatic carbocycles. The zero-order valence-corrected chi connectivity index (χ0v) is 10.0. The van der Waals surface area contributed by atoms with E-state index in [1.54, 1.807) is 12.2 Å². The Morgan fingerprint density at radius 2 is 2.41 bits per heavy atom. The highest BCUT2D eigenvalue weighted by Crippen LogP contribution is 2.31. The Labute approximate surface area is 101 Å². The number of urea groups is 1. The van der Waals surface area contributed by atoms with E-state index < -0.39 is 0 Å². The van der Waals surface area contributed by atoms with Crippen molar-refractivity contribution in [2.45, 2.75) is 37.5 Å². The first-order valence-electron chi connectivity index (χ1n) is 6.23. The molecular formula is C12H18N2O3. The van der Waals surface area contributed by atoms with Crippen LogP contribution >= 0.6 is 0 Å². The summed E-state index contributed by atoms with van der Waals surface area (Å²) in [6, 6.07) is 0.344. The predicted octanol–water partition coefficient (Wildman–Crippen LogP) is 1.16. The fourth-order valence-corrected chi connectivity index (χ4v) is 2.89. The fourth-order valence-electron chi connectivity index (χ4n) is 2.89. The highest BCUT2D eigenvalue weighted by Gasteiger charge is 2.42. The van der Waals surface area contributed by atoms with Crippen molar-refractivity contribution >= 4 is 6.03 Å². The van der Waals surface area contributed by atoms with Gasteiger partial charge in [0.05, 0.1) is 18.7 Å². The van der Waals surface area contributed by atoms with E-state index in [1.807, 2.05) is 11.0 Å². The number of hydrogen-bond donors (Lipinski definition) is 0. The number of carbonyl (C=O) groups excluding carboxylic acids is 1. The van der Waals surface area contributed by atoms with Gasteiger partial charge in [0, 0.05) is 20.1 Å². The van der Waals surface area contributed by atoms with Crippen LogP contribution in [0.4, 0.5) is 4.79 Å². The molecule has 17 heavy (non-hydrogen) atoms. The van der Waals surface area contributed by atoms with Gasteiger partial charge in [0.1, 0.15) is 6.10 Å². The Morgan fingerprint density at radius 1 is 1.53 bits per heavy atom. The van der Waals surface area contributed by atoms with E-state index in [0.717, 1.165) is 25.8 Å². The Balaban J connectivity index is 1.67. The molecule has 2 aliphatic heterocycles. The molecule has 5 nitrogen and oxygen atoms in total. The molecule has 2 amide bonds. The van der Waals surface area contributed by atoms with Gasteiger partial charge in [-0.15, -0.1) is 0 Å². The van der Waals surface area contributed by atoms with Crippen LogP contribution in [0.25, 0.3) is 0 Å². The monoisotopic (exact) mass is 238 g/mol. The van der Waals surface area contributed by atoms with Gasteiger partial charge in [0.15, 0.2) is 0 Å². The van der Waals surface area contributed by atoms with E-state index >= 15 is 0 Å². The minimum atomic E-state index is 0.00130. The van der Waals surface area contributed by atoms with Crippen molar-refractivity contribution < 1.29 is 14.4 Å². The summed E-state index contributed by atoms with van der Waals surface area (Å²) in [5.74, 6) is 0. The molecule has 3 atom stereocenters. The van der Waals surface area contributed by atoms with Gasteiger partial charge in [-0.2, -0.15) is 5.06 Å². The SMILES string of the molecule is COC[C@H]1CCCN1C(=O)N1O[C@@H]2C=C[C@H]1C2. The average Bonchev–Trinajstić information content (AvgIpc) is 3.03. The first kappa shape index (κ1) is 11.0. The maximum absolute atomic E-state index is 12.4. The van der Waals surface area contributed by atoms with E-state index in [0.29, 0.717) is 6.61 Å². The van der Waals surface area contributed by atoms with E-state index in [-0.39, 0.29) is 24.2 Å². The molecule has 0 spiro atoms. The molecule has 3 rings (SSSR count). The van der Waals surface area contributed by atoms with Crippen molar-refractivity contribution in [1.82, 2.24) is 9.96 Å². The molecule has 5 heteroatoms. The van der Waals surface area contributed by atoms with Gasteiger partial charge >= 0.3 is 6.03 Å². The summed E-state index contributed by atoms with van der Waals surface area (Å²) in [6.45, 7) is 1.43. The maximum atomic E-state index is 12.4. The predicted molar refractivity (Wildman–Crippen MR) is 61.3 cm³/mol. The second-order valence-electron chi connectivity index (χ2n) is 4.88. The second kappa shape index (κ2) is 4.31. The zero-order chi connectivity index (χ0) is 11.8. The Hall–Kier alpha value is -1.07. The molecule has 2 fully saturated rings. The molecule has 0 aromatic rings. The van der Waals surface area contributed by atoms with E-state index in [4.69, 9.17) is 9.57 Å². The van der Waals surface area contributed by atoms with E-state index in [1.165, 1.54) is 0 Å². The third kappa shape index (κ3) is 1.83. The number of amides is 2. The number of carbonyl (C=O) groups is 1. The largest absolute Gasteiger partial charge is 0.383 e. The van der Waals surface area contributed by atoms with Crippen LogP contribution in [0.2, 0.25) is 0 Å². The Kier molecular flexibility index (Phi) is 2.80. The number of hydrogen-bond acceptors (Lipinski definition) is 3. The van der Waals surface area contributed by atoms with Crippen LogP contribution in [-0.2, 0) is 9.57 Å². The molecular weight excluding hydrogens is 220 g/mol. The Bertz CT molecular complexity index is 345. The molecule has 0 radical (unpaired) electrons. The lowest BCUT2D eigenvalue weighted by Gasteiger charge is -2.31. The van der Waals surface area contributed by atoms with Crippen LogP contribution < -0.4 is 0 Å². The molecule has 0 aromatic carbocycles. The number of fused-ring (bicyclic) bond motifs is 2. The molecule has 0 unspecified atom stereocenters. The van der Waals surface area contributed by atoms with Crippen molar-refractivity contribution in [2.75, 3.05) is 20.3 Å². The van der Waals surface area contributed by atoms with Crippen LogP contribution in [0.15, 0.2) is 12.2 Å². The summed E-state index contributed by atoms with van der Waals surface area (Å²) in [5.41, 5.74) is 0. The highest BCUT2D eigenvalue weighted by molar-refractivity contribution is 5.75. The topological polar surface area (TPSA) is 42.0 Å². The molecule has 3 aliphatic rings. The standard InChI is InChI=1S/C12H18N2O3/c1-16-8-10-3-2-6-13(10)12(15)14-9-4-5-11(7-9)17-14/h4-5,9-11H,2-3,6-8H2,1H3/t9-,10+,11+/m0/s1. The van der Waals surface area contributed by atoms with Crippen molar-refractivity contribution in [2.24, 2.45) is 0 Å². The van der Waals surface area contributed by atoms with E-state index in [2.05, 4.69) is 6.08 Å². The van der Waals surface area contributed by atoms with Gasteiger partial charge in [0.25, 0.3) is 0 Å². The average molecular weight is 238 g/mol. The van der Waals surface area contributed by atoms with Gasteiger partial charge in [-0.25, -0.2) is 4.79 Å². The minimum Gasteiger partial charge on any atom is -0.383 e. The summed E-state index contributed by atoms with van der Waals surface area (Å²) in [4.78, 5) is 19.8. The summed E-state index contributed by atoms with van der Waals surface area (Å²) >= 11 is 0. The van der Waals surface area contributed by atoms with Crippen LogP contribution in [0, 0.1) is 0 Å². The lowest BCUT2D eigenvalue weighted by Crippen LogP contribution is -2.48. The molecule has 2 bridgehead atoms. The lowest BCUT2D eigenvalue weighted by molar-refractivity contribution is -0.118. The zero-order valence-electron chi connectivity index (χ0n) is 10.0. The quantitative estimate of drug-likeness (QED) is 0.678. The maximum Gasteiger partial charge on any atom is 0.344 e. The molecule has 0 aromatic heterocycles. The number of likely N-dealkylation sites (tertiary alicyclic amines) is 1. The fraction of sp³-hybridized carbons (Fsp3) is 0.750. The van der Waals surface area contributed by atoms with Crippen LogP contribution in [0.3, 0.4) is 0 Å². The third-order valence-electron chi connectivity index (χ3n) is 3.74. The van der Waals surface area contributed by atoms with Gasteiger partial charge in [-0.3, -0.25) is 4.84 Å². The summed E-state index contributed by atoms with van der Waals surface area (Å²) in [7, 11) is 1.68. The minimum absolute atomic E-state index is 0.00130. The normalized spacial score (nSPS) is 35.0. The molecule has 0 N–H and O–H groups in total. The van der Waals surface area contributed by atoms with Gasteiger partial charge in [0.2, 0.25) is 0 Å². The molecule has 2 saturated heterocycles. The summed E-state index contributed by atoms with van der Waals surface area (Å²) in [6.07, 6.45) is 7.19. The number of rotatable bonds is 2. The van der Waals surface area contributed by atoms with Crippen LogP contribution in [0.1, 0.15) is 19.3 Å². The third-order valence-corrected chi connectivity index (χ3v) is 3.74. The number of hydroxylamine groups is 2. The first-order chi connectivity index (χ1) is 8.29.